The van der Waals surface area contributed by atoms with Crippen molar-refractivity contribution in [1.82, 2.24) is 0 Å². The molecule has 12 heavy (non-hydrogen) atoms. The molecule has 2 saturated carbocycles. The monoisotopic (exact) mass is 164 g/mol. The molecule has 0 amide bonds. The van der Waals surface area contributed by atoms with Gasteiger partial charge in [-0.2, -0.15) is 0 Å². The van der Waals surface area contributed by atoms with Gasteiger partial charge in [-0.3, -0.25) is 0 Å². The lowest BCUT2D eigenvalue weighted by molar-refractivity contribution is -0.150. The Morgan fingerprint density at radius 1 is 1.42 bits per heavy atom. The zero-order valence-electron chi connectivity index (χ0n) is 7.42. The van der Waals surface area contributed by atoms with Gasteiger partial charge < -0.3 is 5.11 Å². The molecule has 1 heteroatoms. The van der Waals surface area contributed by atoms with Crippen LogP contribution in [0.2, 0.25) is 0 Å². The molecule has 3 unspecified atom stereocenters. The molecule has 0 aromatic carbocycles. The summed E-state index contributed by atoms with van der Waals surface area (Å²) >= 11 is 0. The summed E-state index contributed by atoms with van der Waals surface area (Å²) in [6.07, 6.45) is 11.9. The summed E-state index contributed by atoms with van der Waals surface area (Å²) in [6, 6.07) is 0. The fourth-order valence-corrected chi connectivity index (χ4v) is 2.98. The molecule has 1 N–H and O–H groups in total. The molecule has 0 saturated heterocycles. The minimum absolute atomic E-state index is 0.472. The third kappa shape index (κ3) is 1.06. The van der Waals surface area contributed by atoms with Crippen LogP contribution in [0.3, 0.4) is 0 Å². The number of terminal acetylenes is 1. The van der Waals surface area contributed by atoms with Crippen LogP contribution < -0.4 is 0 Å². The maximum Gasteiger partial charge on any atom is 0.0789 e. The predicted molar refractivity (Wildman–Crippen MR) is 48.5 cm³/mol. The van der Waals surface area contributed by atoms with Gasteiger partial charge in [-0.05, 0) is 31.1 Å². The zero-order valence-corrected chi connectivity index (χ0v) is 7.42. The van der Waals surface area contributed by atoms with E-state index in [2.05, 4.69) is 5.92 Å². The lowest BCUT2D eigenvalue weighted by Crippen LogP contribution is -2.54. The quantitative estimate of drug-likeness (QED) is 0.587. The highest BCUT2D eigenvalue weighted by molar-refractivity contribution is 5.08. The molecule has 0 radical (unpaired) electrons. The predicted octanol–water partition coefficient (Wildman–Crippen LogP) is 1.95. The van der Waals surface area contributed by atoms with Gasteiger partial charge in [0.2, 0.25) is 0 Å². The molecule has 0 aliphatic heterocycles. The number of hydrogen-bond acceptors (Lipinski definition) is 1. The molecule has 0 spiro atoms. The van der Waals surface area contributed by atoms with Crippen molar-refractivity contribution in [2.24, 2.45) is 11.8 Å². The topological polar surface area (TPSA) is 20.2 Å². The van der Waals surface area contributed by atoms with E-state index in [1.807, 2.05) is 0 Å². The minimum atomic E-state index is -0.472. The third-order valence-electron chi connectivity index (χ3n) is 3.62. The van der Waals surface area contributed by atoms with Crippen LogP contribution in [-0.4, -0.2) is 10.7 Å². The van der Waals surface area contributed by atoms with Crippen LogP contribution in [0.4, 0.5) is 0 Å². The normalized spacial score (nSPS) is 45.7. The highest BCUT2D eigenvalue weighted by Crippen LogP contribution is 2.53. The molecule has 2 fully saturated rings. The molecule has 2 rings (SSSR count). The van der Waals surface area contributed by atoms with Gasteiger partial charge in [-0.15, -0.1) is 12.3 Å². The lowest BCUT2D eigenvalue weighted by atomic mass is 9.55. The van der Waals surface area contributed by atoms with Crippen LogP contribution in [-0.2, 0) is 0 Å². The van der Waals surface area contributed by atoms with Crippen LogP contribution in [0.25, 0.3) is 0 Å². The van der Waals surface area contributed by atoms with Gasteiger partial charge in [0.25, 0.3) is 0 Å². The summed E-state index contributed by atoms with van der Waals surface area (Å²) in [5.41, 5.74) is -0.472. The molecule has 0 bridgehead atoms. The minimum Gasteiger partial charge on any atom is -0.389 e. The van der Waals surface area contributed by atoms with Gasteiger partial charge in [0, 0.05) is 6.42 Å². The number of rotatable bonds is 1. The molecule has 2 aliphatic carbocycles. The van der Waals surface area contributed by atoms with Crippen LogP contribution in [0.15, 0.2) is 0 Å². The highest BCUT2D eigenvalue weighted by Gasteiger charge is 2.52. The average Bonchev–Trinajstić information content (AvgIpc) is 2.04. The molecule has 66 valence electrons. The summed E-state index contributed by atoms with van der Waals surface area (Å²) in [5, 5.41) is 10.1. The van der Waals surface area contributed by atoms with Crippen molar-refractivity contribution >= 4 is 0 Å². The van der Waals surface area contributed by atoms with Crippen LogP contribution in [0.1, 0.15) is 38.5 Å². The average molecular weight is 164 g/mol. The van der Waals surface area contributed by atoms with Gasteiger partial charge in [0.05, 0.1) is 5.60 Å². The summed E-state index contributed by atoms with van der Waals surface area (Å²) in [6.45, 7) is 0. The molecular weight excluding hydrogens is 148 g/mol. The first kappa shape index (κ1) is 8.13. The van der Waals surface area contributed by atoms with E-state index in [0.717, 1.165) is 12.3 Å². The molecule has 3 atom stereocenters. The van der Waals surface area contributed by atoms with E-state index < -0.39 is 5.60 Å². The van der Waals surface area contributed by atoms with Crippen molar-refractivity contribution in [1.29, 1.82) is 0 Å². The van der Waals surface area contributed by atoms with Crippen molar-refractivity contribution in [2.75, 3.05) is 0 Å². The van der Waals surface area contributed by atoms with Gasteiger partial charge in [0.1, 0.15) is 0 Å². The van der Waals surface area contributed by atoms with Gasteiger partial charge in [-0.1, -0.05) is 12.8 Å². The van der Waals surface area contributed by atoms with E-state index >= 15 is 0 Å². The Morgan fingerprint density at radius 2 is 2.17 bits per heavy atom. The standard InChI is InChI=1S/C11H16O/c1-2-7-11(12)8-9-5-3-4-6-10(9)11/h1,9-10,12H,3-8H2. The van der Waals surface area contributed by atoms with Gasteiger partial charge >= 0.3 is 0 Å². The Bertz CT molecular complexity index is 216. The Balaban J connectivity index is 2.00. The molecule has 1 nitrogen and oxygen atoms in total. The first-order valence-electron chi connectivity index (χ1n) is 4.92. The van der Waals surface area contributed by atoms with E-state index in [9.17, 15) is 5.11 Å². The van der Waals surface area contributed by atoms with Crippen molar-refractivity contribution in [3.8, 4) is 12.3 Å². The smallest absolute Gasteiger partial charge is 0.0789 e. The van der Waals surface area contributed by atoms with Crippen LogP contribution in [0, 0.1) is 24.2 Å². The van der Waals surface area contributed by atoms with Crippen molar-refractivity contribution in [3.63, 3.8) is 0 Å². The highest BCUT2D eigenvalue weighted by atomic mass is 16.3. The lowest BCUT2D eigenvalue weighted by Gasteiger charge is -2.53. The molecule has 0 aromatic heterocycles. The molecular formula is C11H16O. The van der Waals surface area contributed by atoms with Crippen LogP contribution in [0.5, 0.6) is 0 Å². The van der Waals surface area contributed by atoms with Gasteiger partial charge in [0.15, 0.2) is 0 Å². The first-order chi connectivity index (χ1) is 5.76. The summed E-state index contributed by atoms with van der Waals surface area (Å²) in [5.74, 6) is 3.91. The second-order valence-corrected chi connectivity index (χ2v) is 4.34. The summed E-state index contributed by atoms with van der Waals surface area (Å²) in [7, 11) is 0. The second kappa shape index (κ2) is 2.78. The second-order valence-electron chi connectivity index (χ2n) is 4.34. The van der Waals surface area contributed by atoms with E-state index in [0.29, 0.717) is 12.3 Å². The van der Waals surface area contributed by atoms with E-state index in [-0.39, 0.29) is 0 Å². The largest absolute Gasteiger partial charge is 0.389 e. The SMILES string of the molecule is C#CCC1(O)CC2CCCCC21. The molecule has 2 aliphatic rings. The number of hydrogen-bond donors (Lipinski definition) is 1. The maximum absolute atomic E-state index is 10.1. The van der Waals surface area contributed by atoms with Crippen molar-refractivity contribution in [3.05, 3.63) is 0 Å². The molecule has 0 aromatic rings. The maximum atomic E-state index is 10.1. The Kier molecular flexibility index (Phi) is 1.88. The fraction of sp³-hybridized carbons (Fsp3) is 0.818. The zero-order chi connectivity index (χ0) is 8.60. The molecule has 0 heterocycles. The van der Waals surface area contributed by atoms with Crippen molar-refractivity contribution in [2.45, 2.75) is 44.1 Å². The van der Waals surface area contributed by atoms with E-state index in [1.165, 1.54) is 25.7 Å². The van der Waals surface area contributed by atoms with E-state index in [4.69, 9.17) is 6.42 Å². The van der Waals surface area contributed by atoms with Gasteiger partial charge in [-0.25, -0.2) is 0 Å². The Morgan fingerprint density at radius 3 is 2.83 bits per heavy atom. The van der Waals surface area contributed by atoms with E-state index in [1.54, 1.807) is 0 Å². The number of aliphatic hydroxyl groups is 1. The summed E-state index contributed by atoms with van der Waals surface area (Å²) < 4.78 is 0. The van der Waals surface area contributed by atoms with Crippen LogP contribution >= 0.6 is 0 Å². The summed E-state index contributed by atoms with van der Waals surface area (Å²) in [4.78, 5) is 0. The third-order valence-corrected chi connectivity index (χ3v) is 3.62. The fourth-order valence-electron chi connectivity index (χ4n) is 2.98. The Hall–Kier alpha value is -0.480. The Labute approximate surface area is 74.2 Å². The first-order valence-corrected chi connectivity index (χ1v) is 4.92. The van der Waals surface area contributed by atoms with Crippen molar-refractivity contribution < 1.29 is 5.11 Å². The number of fused-ring (bicyclic) bond motifs is 1.